The molecule has 3 saturated carbocycles. The van der Waals surface area contributed by atoms with Crippen molar-refractivity contribution in [3.8, 4) is 0 Å². The Morgan fingerprint density at radius 3 is 1.66 bits per heavy atom. The van der Waals surface area contributed by atoms with Crippen molar-refractivity contribution in [2.75, 3.05) is 13.4 Å². The predicted octanol–water partition coefficient (Wildman–Crippen LogP) is 3.94. The molecule has 0 unspecified atom stereocenters. The lowest BCUT2D eigenvalue weighted by Gasteiger charge is -2.42. The second-order valence-electron chi connectivity index (χ2n) is 9.01. The summed E-state index contributed by atoms with van der Waals surface area (Å²) in [6.45, 7) is 0. The van der Waals surface area contributed by atoms with Gasteiger partial charge in [-0.3, -0.25) is 0 Å². The van der Waals surface area contributed by atoms with Crippen molar-refractivity contribution in [2.24, 2.45) is 0 Å². The van der Waals surface area contributed by atoms with Gasteiger partial charge in [-0.25, -0.2) is 0 Å². The topological polar surface area (TPSA) is 55.4 Å². The fraction of sp³-hybridized carbons (Fsp3) is 0.952. The van der Waals surface area contributed by atoms with Crippen molar-refractivity contribution in [2.45, 2.75) is 112 Å². The van der Waals surface area contributed by atoms with E-state index in [1.54, 1.807) is 7.11 Å². The molecule has 0 aromatic carbocycles. The van der Waals surface area contributed by atoms with E-state index in [1.165, 1.54) is 24.6 Å². The Hall–Kier alpha value is 0.0400. The summed E-state index contributed by atoms with van der Waals surface area (Å²) in [5.74, 6) is -1.05. The molecule has 164 valence electrons. The molecule has 8 heteroatoms. The molecule has 6 nitrogen and oxygen atoms in total. The Bertz CT molecular complexity index is 618. The van der Waals surface area contributed by atoms with Crippen LogP contribution in [0, 0.1) is 0 Å². The van der Waals surface area contributed by atoms with Gasteiger partial charge in [0.1, 0.15) is 30.5 Å². The molecule has 6 atom stereocenters. The van der Waals surface area contributed by atoms with Crippen LogP contribution in [0.2, 0.25) is 0 Å². The van der Waals surface area contributed by atoms with Crippen LogP contribution in [0.15, 0.2) is 0 Å². The van der Waals surface area contributed by atoms with Gasteiger partial charge in [0.25, 0.3) is 0 Å². The third-order valence-electron chi connectivity index (χ3n) is 7.25. The minimum atomic E-state index is -0.533. The van der Waals surface area contributed by atoms with E-state index in [-0.39, 0.29) is 36.6 Å². The monoisotopic (exact) mass is 444 g/mol. The number of hydrogen-bond acceptors (Lipinski definition) is 8. The summed E-state index contributed by atoms with van der Waals surface area (Å²) in [6, 6.07) is 0. The van der Waals surface area contributed by atoms with E-state index in [9.17, 15) is 0 Å². The minimum absolute atomic E-state index is 0.202. The van der Waals surface area contributed by atoms with Crippen molar-refractivity contribution in [1.82, 2.24) is 0 Å². The third kappa shape index (κ3) is 3.66. The summed E-state index contributed by atoms with van der Waals surface area (Å²) < 4.78 is 39.2. The number of rotatable bonds is 2. The normalized spacial score (nSPS) is 42.6. The number of thiocarbonyl (C=S) groups is 1. The molecule has 5 aliphatic rings. The highest BCUT2D eigenvalue weighted by Gasteiger charge is 2.67. The van der Waals surface area contributed by atoms with Crippen LogP contribution in [0.3, 0.4) is 0 Å². The fourth-order valence-corrected chi connectivity index (χ4v) is 6.24. The van der Waals surface area contributed by atoms with Crippen molar-refractivity contribution in [1.29, 1.82) is 0 Å². The van der Waals surface area contributed by atoms with E-state index in [0.29, 0.717) is 4.38 Å². The van der Waals surface area contributed by atoms with Crippen molar-refractivity contribution < 1.29 is 28.4 Å². The highest BCUT2D eigenvalue weighted by molar-refractivity contribution is 8.22. The Kier molecular flexibility index (Phi) is 5.91. The Morgan fingerprint density at radius 1 is 0.759 bits per heavy atom. The first-order chi connectivity index (χ1) is 14.1. The first kappa shape index (κ1) is 20.9. The second-order valence-corrected chi connectivity index (χ2v) is 10.4. The largest absolute Gasteiger partial charge is 0.469 e. The highest BCUT2D eigenvalue weighted by atomic mass is 32.2. The smallest absolute Gasteiger partial charge is 0.220 e. The summed E-state index contributed by atoms with van der Waals surface area (Å²) in [6.07, 6.45) is 11.0. The summed E-state index contributed by atoms with van der Waals surface area (Å²) in [5.41, 5.74) is 0. The lowest BCUT2D eigenvalue weighted by atomic mass is 9.85. The molecular formula is C21H32O6S2. The minimum Gasteiger partial charge on any atom is -0.469 e. The van der Waals surface area contributed by atoms with Crippen molar-refractivity contribution >= 4 is 28.4 Å². The number of methoxy groups -OCH3 is 1. The number of ether oxygens (including phenoxy) is 6. The van der Waals surface area contributed by atoms with Gasteiger partial charge in [0.2, 0.25) is 4.38 Å². The predicted molar refractivity (Wildman–Crippen MR) is 113 cm³/mol. The Labute approximate surface area is 182 Å². The number of hydrogen-bond donors (Lipinski definition) is 0. The van der Waals surface area contributed by atoms with Crippen LogP contribution in [0.4, 0.5) is 0 Å². The zero-order valence-corrected chi connectivity index (χ0v) is 18.9. The van der Waals surface area contributed by atoms with Gasteiger partial charge in [-0.1, -0.05) is 24.6 Å². The quantitative estimate of drug-likeness (QED) is 0.594. The molecule has 5 rings (SSSR count). The lowest BCUT2D eigenvalue weighted by molar-refractivity contribution is -0.224. The summed E-state index contributed by atoms with van der Waals surface area (Å²) in [4.78, 5) is 0. The maximum absolute atomic E-state index is 6.67. The molecule has 2 saturated heterocycles. The van der Waals surface area contributed by atoms with Crippen LogP contribution in [0.1, 0.15) is 64.2 Å². The third-order valence-corrected chi connectivity index (χ3v) is 8.27. The number of thioether (sulfide) groups is 1. The van der Waals surface area contributed by atoms with E-state index >= 15 is 0 Å². The Morgan fingerprint density at radius 2 is 1.21 bits per heavy atom. The van der Waals surface area contributed by atoms with Crippen molar-refractivity contribution in [3.63, 3.8) is 0 Å². The molecule has 0 aromatic rings. The van der Waals surface area contributed by atoms with Crippen LogP contribution >= 0.6 is 24.0 Å². The van der Waals surface area contributed by atoms with Gasteiger partial charge in [0.15, 0.2) is 17.7 Å². The van der Waals surface area contributed by atoms with Gasteiger partial charge >= 0.3 is 0 Å². The lowest BCUT2D eigenvalue weighted by Crippen LogP contribution is -2.63. The second kappa shape index (κ2) is 8.19. The molecule has 0 aromatic heterocycles. The van der Waals surface area contributed by atoms with E-state index in [4.69, 9.17) is 40.6 Å². The van der Waals surface area contributed by atoms with E-state index < -0.39 is 11.6 Å². The van der Waals surface area contributed by atoms with Gasteiger partial charge < -0.3 is 28.4 Å². The summed E-state index contributed by atoms with van der Waals surface area (Å²) >= 11 is 6.82. The summed E-state index contributed by atoms with van der Waals surface area (Å²) in [7, 11) is 1.71. The average Bonchev–Trinajstić information content (AvgIpc) is 3.28. The highest BCUT2D eigenvalue weighted by Crippen LogP contribution is 2.52. The number of fused-ring (bicyclic) bond motifs is 3. The molecule has 5 fully saturated rings. The molecule has 2 aliphatic heterocycles. The molecule has 0 N–H and O–H groups in total. The van der Waals surface area contributed by atoms with Gasteiger partial charge in [-0.15, -0.1) is 0 Å². The maximum atomic E-state index is 6.67. The van der Waals surface area contributed by atoms with E-state index in [2.05, 4.69) is 0 Å². The molecule has 3 aliphatic carbocycles. The fourth-order valence-electron chi connectivity index (χ4n) is 5.92. The first-order valence-electron chi connectivity index (χ1n) is 11.1. The zero-order valence-electron chi connectivity index (χ0n) is 17.3. The molecular weight excluding hydrogens is 412 g/mol. The van der Waals surface area contributed by atoms with Crippen molar-refractivity contribution in [3.05, 3.63) is 0 Å². The average molecular weight is 445 g/mol. The van der Waals surface area contributed by atoms with Gasteiger partial charge in [-0.05, 0) is 44.2 Å². The van der Waals surface area contributed by atoms with Gasteiger partial charge in [-0.2, -0.15) is 0 Å². The molecule has 0 radical (unpaired) electrons. The molecule has 2 heterocycles. The van der Waals surface area contributed by atoms with Crippen LogP contribution in [-0.4, -0.2) is 65.9 Å². The Balaban J connectivity index is 1.47. The van der Waals surface area contributed by atoms with Crippen LogP contribution < -0.4 is 0 Å². The molecule has 0 bridgehead atoms. The molecule has 0 amide bonds. The van der Waals surface area contributed by atoms with Crippen LogP contribution in [0.25, 0.3) is 0 Å². The van der Waals surface area contributed by atoms with E-state index in [1.807, 2.05) is 6.26 Å². The van der Waals surface area contributed by atoms with Crippen LogP contribution in [0.5, 0.6) is 0 Å². The molecule has 2 spiro atoms. The first-order valence-corrected chi connectivity index (χ1v) is 12.7. The zero-order chi connectivity index (χ0) is 20.1. The van der Waals surface area contributed by atoms with E-state index in [0.717, 1.165) is 51.4 Å². The van der Waals surface area contributed by atoms with Gasteiger partial charge in [0.05, 0.1) is 0 Å². The molecule has 29 heavy (non-hydrogen) atoms. The summed E-state index contributed by atoms with van der Waals surface area (Å²) in [5, 5.41) is 0. The standard InChI is InChI=1S/C21H32O6S2/c1-22-13-14(23-19(28)29-2)16-18(27-21(25-16)11-7-4-8-12-21)17-15(13)24-20(26-17)9-5-3-6-10-20/h13-18H,3-12H2,1-2H3/t13-,14+,15+,16-,17-,18-/m1/s1. The maximum Gasteiger partial charge on any atom is 0.220 e. The van der Waals surface area contributed by atoms with Crippen LogP contribution in [-0.2, 0) is 28.4 Å². The van der Waals surface area contributed by atoms with Gasteiger partial charge in [0, 0.05) is 32.8 Å². The SMILES string of the molecule is CO[C@@H]1[C@H](OC(=S)SC)[C@H]2OC3(CCCCC3)O[C@H]2[C@@H]2OC3(CCCCC3)O[C@@H]12.